The van der Waals surface area contributed by atoms with Crippen molar-refractivity contribution in [2.45, 2.75) is 11.7 Å². The monoisotopic (exact) mass is 524 g/mol. The number of rotatable bonds is 9. The average Bonchev–Trinajstić information content (AvgIpc) is 3.48. The molecular weight excluding hydrogens is 504 g/mol. The van der Waals surface area contributed by atoms with Crippen LogP contribution in [0.4, 0.5) is 5.13 Å². The molecule has 0 bridgehead atoms. The molecule has 0 radical (unpaired) electrons. The number of benzene rings is 2. The number of anilines is 1. The number of hydrogen-bond acceptors (Lipinski definition) is 7. The molecule has 0 saturated heterocycles. The molecule has 4 rings (SSSR count). The standard InChI is InChI=1S/C24H21ClN6O2S2/c1-31-20(13-26-21(32)12-11-16-7-5-6-10-18(16)25)29-30-24(31)35-15-22(33)28-23-27-19(14-34-23)17-8-3-2-4-9-17/h2-12,14H,13,15H2,1H3,(H,26,32)(H,27,28,33)/b12-11+. The van der Waals surface area contributed by atoms with Crippen molar-refractivity contribution in [3.05, 3.63) is 82.5 Å². The second-order valence-electron chi connectivity index (χ2n) is 7.27. The van der Waals surface area contributed by atoms with Gasteiger partial charge < -0.3 is 15.2 Å². The molecule has 0 spiro atoms. The Morgan fingerprint density at radius 1 is 1.11 bits per heavy atom. The van der Waals surface area contributed by atoms with Gasteiger partial charge in [0.1, 0.15) is 0 Å². The summed E-state index contributed by atoms with van der Waals surface area (Å²) in [4.78, 5) is 29.0. The Hall–Kier alpha value is -3.47. The molecule has 35 heavy (non-hydrogen) atoms. The highest BCUT2D eigenvalue weighted by Gasteiger charge is 2.13. The van der Waals surface area contributed by atoms with Gasteiger partial charge >= 0.3 is 0 Å². The molecule has 2 heterocycles. The largest absolute Gasteiger partial charge is 0.345 e. The third-order valence-corrected chi connectivity index (χ3v) is 6.94. The van der Waals surface area contributed by atoms with Crippen LogP contribution in [0.25, 0.3) is 17.3 Å². The van der Waals surface area contributed by atoms with E-state index >= 15 is 0 Å². The van der Waals surface area contributed by atoms with E-state index in [1.54, 1.807) is 23.8 Å². The van der Waals surface area contributed by atoms with Gasteiger partial charge in [0.25, 0.3) is 0 Å². The highest BCUT2D eigenvalue weighted by atomic mass is 35.5. The number of thioether (sulfide) groups is 1. The van der Waals surface area contributed by atoms with Gasteiger partial charge in [-0.25, -0.2) is 4.98 Å². The second kappa shape index (κ2) is 11.8. The van der Waals surface area contributed by atoms with E-state index in [2.05, 4.69) is 25.8 Å². The molecule has 0 aliphatic rings. The van der Waals surface area contributed by atoms with Crippen molar-refractivity contribution < 1.29 is 9.59 Å². The normalized spacial score (nSPS) is 11.0. The zero-order chi connectivity index (χ0) is 24.6. The summed E-state index contributed by atoms with van der Waals surface area (Å²) in [5, 5.41) is 17.4. The van der Waals surface area contributed by atoms with Crippen molar-refractivity contribution in [2.75, 3.05) is 11.1 Å². The van der Waals surface area contributed by atoms with E-state index in [1.807, 2.05) is 53.9 Å². The third kappa shape index (κ3) is 6.78. The first kappa shape index (κ1) is 24.6. The van der Waals surface area contributed by atoms with Crippen molar-refractivity contribution in [1.29, 1.82) is 0 Å². The predicted octanol–water partition coefficient (Wildman–Crippen LogP) is 4.65. The number of hydrogen-bond donors (Lipinski definition) is 2. The lowest BCUT2D eigenvalue weighted by molar-refractivity contribution is -0.116. The van der Waals surface area contributed by atoms with E-state index in [0.29, 0.717) is 21.1 Å². The van der Waals surface area contributed by atoms with Gasteiger partial charge in [0.05, 0.1) is 18.0 Å². The number of carbonyl (C=O) groups is 2. The molecule has 4 aromatic rings. The topological polar surface area (TPSA) is 102 Å². The van der Waals surface area contributed by atoms with Gasteiger partial charge in [-0.15, -0.1) is 21.5 Å². The summed E-state index contributed by atoms with van der Waals surface area (Å²) in [7, 11) is 1.79. The van der Waals surface area contributed by atoms with Crippen molar-refractivity contribution in [1.82, 2.24) is 25.1 Å². The minimum atomic E-state index is -0.278. The predicted molar refractivity (Wildman–Crippen MR) is 140 cm³/mol. The summed E-state index contributed by atoms with van der Waals surface area (Å²) in [5.74, 6) is 0.255. The lowest BCUT2D eigenvalue weighted by atomic mass is 10.2. The molecule has 2 amide bonds. The van der Waals surface area contributed by atoms with Crippen LogP contribution in [0.5, 0.6) is 0 Å². The van der Waals surface area contributed by atoms with Gasteiger partial charge in [0.15, 0.2) is 16.1 Å². The van der Waals surface area contributed by atoms with Crippen LogP contribution in [-0.2, 0) is 23.2 Å². The van der Waals surface area contributed by atoms with Gasteiger partial charge in [-0.2, -0.15) is 0 Å². The SMILES string of the molecule is Cn1c(CNC(=O)/C=C/c2ccccc2Cl)nnc1SCC(=O)Nc1nc(-c2ccccc2)cs1. The summed E-state index contributed by atoms with van der Waals surface area (Å²) in [6, 6.07) is 17.0. The minimum Gasteiger partial charge on any atom is -0.345 e. The summed E-state index contributed by atoms with van der Waals surface area (Å²) in [6.07, 6.45) is 3.07. The Balaban J connectivity index is 1.25. The summed E-state index contributed by atoms with van der Waals surface area (Å²) in [5.41, 5.74) is 2.57. The highest BCUT2D eigenvalue weighted by Crippen LogP contribution is 2.25. The van der Waals surface area contributed by atoms with E-state index in [0.717, 1.165) is 16.8 Å². The molecule has 8 nitrogen and oxygen atoms in total. The maximum atomic E-state index is 12.4. The van der Waals surface area contributed by atoms with Gasteiger partial charge in [0.2, 0.25) is 11.8 Å². The van der Waals surface area contributed by atoms with Crippen LogP contribution >= 0.6 is 34.7 Å². The van der Waals surface area contributed by atoms with Crippen LogP contribution in [0.2, 0.25) is 5.02 Å². The Morgan fingerprint density at radius 2 is 1.89 bits per heavy atom. The molecule has 2 aromatic heterocycles. The summed E-state index contributed by atoms with van der Waals surface area (Å²) < 4.78 is 1.74. The Labute approximate surface area is 215 Å². The van der Waals surface area contributed by atoms with Crippen molar-refractivity contribution >= 4 is 57.7 Å². The fourth-order valence-electron chi connectivity index (χ4n) is 2.98. The lowest BCUT2D eigenvalue weighted by Gasteiger charge is -2.05. The number of nitrogens with one attached hydrogen (secondary N) is 2. The third-order valence-electron chi connectivity index (χ3n) is 4.82. The Bertz CT molecular complexity index is 1350. The molecule has 2 aromatic carbocycles. The van der Waals surface area contributed by atoms with Gasteiger partial charge in [-0.3, -0.25) is 9.59 Å². The van der Waals surface area contributed by atoms with E-state index < -0.39 is 0 Å². The fourth-order valence-corrected chi connectivity index (χ4v) is 4.65. The number of nitrogens with zero attached hydrogens (tertiary/aromatic N) is 4. The molecule has 0 aliphatic heterocycles. The van der Waals surface area contributed by atoms with Crippen LogP contribution in [0.15, 0.2) is 71.2 Å². The highest BCUT2D eigenvalue weighted by molar-refractivity contribution is 7.99. The van der Waals surface area contributed by atoms with Crippen molar-refractivity contribution in [2.24, 2.45) is 7.05 Å². The van der Waals surface area contributed by atoms with Gasteiger partial charge in [0, 0.05) is 29.1 Å². The summed E-state index contributed by atoms with van der Waals surface area (Å²) >= 11 is 8.72. The zero-order valence-corrected chi connectivity index (χ0v) is 21.0. The van der Waals surface area contributed by atoms with E-state index in [4.69, 9.17) is 11.6 Å². The molecule has 0 unspecified atom stereocenters. The van der Waals surface area contributed by atoms with Gasteiger partial charge in [-0.05, 0) is 17.7 Å². The van der Waals surface area contributed by atoms with Crippen LogP contribution in [0.3, 0.4) is 0 Å². The van der Waals surface area contributed by atoms with Crippen LogP contribution in [-0.4, -0.2) is 37.3 Å². The van der Waals surface area contributed by atoms with E-state index in [9.17, 15) is 9.59 Å². The molecule has 0 atom stereocenters. The molecule has 11 heteroatoms. The number of carbonyl (C=O) groups excluding carboxylic acids is 2. The first-order valence-electron chi connectivity index (χ1n) is 10.5. The molecular formula is C24H21ClN6O2S2. The van der Waals surface area contributed by atoms with Crippen LogP contribution < -0.4 is 10.6 Å². The second-order valence-corrected chi connectivity index (χ2v) is 9.48. The van der Waals surface area contributed by atoms with Gasteiger partial charge in [-0.1, -0.05) is 71.9 Å². The molecule has 178 valence electrons. The van der Waals surface area contributed by atoms with Crippen molar-refractivity contribution in [3.63, 3.8) is 0 Å². The van der Waals surface area contributed by atoms with Crippen LogP contribution in [0.1, 0.15) is 11.4 Å². The van der Waals surface area contributed by atoms with E-state index in [1.165, 1.54) is 29.2 Å². The number of aromatic nitrogens is 4. The number of thiazole rings is 1. The zero-order valence-electron chi connectivity index (χ0n) is 18.6. The molecule has 0 aliphatic carbocycles. The maximum Gasteiger partial charge on any atom is 0.244 e. The molecule has 0 saturated carbocycles. The Morgan fingerprint density at radius 3 is 2.69 bits per heavy atom. The summed E-state index contributed by atoms with van der Waals surface area (Å²) in [6.45, 7) is 0.198. The smallest absolute Gasteiger partial charge is 0.244 e. The number of halogens is 1. The quantitative estimate of drug-likeness (QED) is 0.244. The molecule has 2 N–H and O–H groups in total. The maximum absolute atomic E-state index is 12.4. The Kier molecular flexibility index (Phi) is 8.30. The first-order chi connectivity index (χ1) is 17.0. The minimum absolute atomic E-state index is 0.152. The number of amides is 2. The fraction of sp³-hybridized carbons (Fsp3) is 0.125. The lowest BCUT2D eigenvalue weighted by Crippen LogP contribution is -2.22. The first-order valence-corrected chi connectivity index (χ1v) is 12.8. The molecule has 0 fully saturated rings. The van der Waals surface area contributed by atoms with Crippen molar-refractivity contribution in [3.8, 4) is 11.3 Å². The van der Waals surface area contributed by atoms with Crippen LogP contribution in [0, 0.1) is 0 Å². The van der Waals surface area contributed by atoms with E-state index in [-0.39, 0.29) is 24.1 Å². The average molecular weight is 525 g/mol.